The average molecular weight is 343 g/mol. The van der Waals surface area contributed by atoms with E-state index in [1.54, 1.807) is 22.9 Å². The second-order valence-corrected chi connectivity index (χ2v) is 5.56. The van der Waals surface area contributed by atoms with Crippen LogP contribution in [0.4, 0.5) is 11.4 Å². The molecule has 2 N–H and O–H groups in total. The summed E-state index contributed by atoms with van der Waals surface area (Å²) in [5.74, 6) is -0.187. The minimum atomic E-state index is -0.442. The number of nitro benzene ring substituents is 1. The molecule has 0 spiro atoms. The fraction of sp³-hybridized carbons (Fsp3) is 0.294. The van der Waals surface area contributed by atoms with Crippen LogP contribution in [-0.4, -0.2) is 33.7 Å². The van der Waals surface area contributed by atoms with Gasteiger partial charge in [0.2, 0.25) is 5.91 Å². The summed E-state index contributed by atoms with van der Waals surface area (Å²) < 4.78 is 1.78. The molecule has 25 heavy (non-hydrogen) atoms. The number of nitrogens with zero attached hydrogens (tertiary/aromatic N) is 3. The maximum absolute atomic E-state index is 11.8. The molecule has 0 bridgehead atoms. The Bertz CT molecular complexity index is 793. The summed E-state index contributed by atoms with van der Waals surface area (Å²) in [7, 11) is 1.86. The number of carbonyl (C=O) groups excluding carboxylic acids is 1. The molecule has 1 amide bonds. The second kappa shape index (κ2) is 8.09. The van der Waals surface area contributed by atoms with Crippen molar-refractivity contribution in [2.45, 2.75) is 13.8 Å². The first-order valence-corrected chi connectivity index (χ1v) is 7.83. The van der Waals surface area contributed by atoms with Crippen molar-refractivity contribution >= 4 is 23.4 Å². The first kappa shape index (κ1) is 18.2. The number of anilines is 1. The number of aromatic nitrogens is 2. The highest BCUT2D eigenvalue weighted by atomic mass is 16.6. The zero-order valence-electron chi connectivity index (χ0n) is 14.4. The predicted molar refractivity (Wildman–Crippen MR) is 96.3 cm³/mol. The number of nitrogens with one attached hydrogen (secondary N) is 2. The molecule has 0 aliphatic carbocycles. The average Bonchev–Trinajstić information content (AvgIpc) is 2.82. The van der Waals surface area contributed by atoms with Gasteiger partial charge < -0.3 is 10.6 Å². The zero-order chi connectivity index (χ0) is 18.4. The lowest BCUT2D eigenvalue weighted by atomic mass is 10.2. The molecule has 0 radical (unpaired) electrons. The molecule has 2 rings (SSSR count). The molecule has 0 aliphatic heterocycles. The van der Waals surface area contributed by atoms with Crippen LogP contribution in [-0.2, 0) is 11.8 Å². The van der Waals surface area contributed by atoms with E-state index in [1.165, 1.54) is 18.2 Å². The number of amides is 1. The lowest BCUT2D eigenvalue weighted by molar-refractivity contribution is -0.384. The Labute approximate surface area is 145 Å². The van der Waals surface area contributed by atoms with Gasteiger partial charge in [-0.2, -0.15) is 5.10 Å². The Balaban J connectivity index is 1.77. The van der Waals surface area contributed by atoms with Crippen LogP contribution in [0.3, 0.4) is 0 Å². The van der Waals surface area contributed by atoms with Crippen LogP contribution in [0.5, 0.6) is 0 Å². The number of nitro groups is 1. The minimum absolute atomic E-state index is 0.0463. The van der Waals surface area contributed by atoms with Gasteiger partial charge in [0.25, 0.3) is 5.69 Å². The van der Waals surface area contributed by atoms with Crippen molar-refractivity contribution in [3.05, 3.63) is 57.4 Å². The fourth-order valence-electron chi connectivity index (χ4n) is 2.34. The Morgan fingerprint density at radius 3 is 2.52 bits per heavy atom. The van der Waals surface area contributed by atoms with Gasteiger partial charge in [0.05, 0.1) is 10.6 Å². The molecule has 8 nitrogen and oxygen atoms in total. The minimum Gasteiger partial charge on any atom is -0.383 e. The van der Waals surface area contributed by atoms with E-state index in [9.17, 15) is 14.9 Å². The molecule has 0 atom stereocenters. The maximum atomic E-state index is 11.8. The molecule has 0 unspecified atom stereocenters. The molecule has 0 fully saturated rings. The summed E-state index contributed by atoms with van der Waals surface area (Å²) >= 11 is 0. The highest BCUT2D eigenvalue weighted by Gasteiger charge is 2.06. The van der Waals surface area contributed by atoms with Crippen LogP contribution < -0.4 is 10.6 Å². The van der Waals surface area contributed by atoms with E-state index >= 15 is 0 Å². The third kappa shape index (κ3) is 4.90. The number of hydrogen-bond donors (Lipinski definition) is 2. The Hall–Kier alpha value is -3.16. The van der Waals surface area contributed by atoms with Crippen molar-refractivity contribution in [3.8, 4) is 0 Å². The number of benzene rings is 1. The quantitative estimate of drug-likeness (QED) is 0.347. The number of rotatable bonds is 7. The van der Waals surface area contributed by atoms with E-state index in [-0.39, 0.29) is 11.6 Å². The lowest BCUT2D eigenvalue weighted by Gasteiger charge is -2.06. The number of hydrogen-bond acceptors (Lipinski definition) is 5. The van der Waals surface area contributed by atoms with Gasteiger partial charge in [0.15, 0.2) is 0 Å². The van der Waals surface area contributed by atoms with Crippen LogP contribution in [0.1, 0.15) is 17.0 Å². The number of non-ortho nitro benzene ring substituents is 1. The molecule has 8 heteroatoms. The van der Waals surface area contributed by atoms with Gasteiger partial charge >= 0.3 is 0 Å². The second-order valence-electron chi connectivity index (χ2n) is 5.56. The molecule has 0 saturated carbocycles. The fourth-order valence-corrected chi connectivity index (χ4v) is 2.34. The standard InChI is InChI=1S/C17H21N5O3/c1-12-16(13(2)21(3)20-12)8-9-17(23)19-11-10-18-14-4-6-15(7-5-14)22(24)25/h4-9,18H,10-11H2,1-3H3,(H,19,23)/b9-8+. The molecule has 0 saturated heterocycles. The van der Waals surface area contributed by atoms with Crippen LogP contribution in [0, 0.1) is 24.0 Å². The van der Waals surface area contributed by atoms with Crippen LogP contribution >= 0.6 is 0 Å². The summed E-state index contributed by atoms with van der Waals surface area (Å²) in [5, 5.41) is 20.7. The van der Waals surface area contributed by atoms with Gasteiger partial charge in [-0.1, -0.05) is 0 Å². The SMILES string of the molecule is Cc1nn(C)c(C)c1/C=C/C(=O)NCCNc1ccc([N+](=O)[O-])cc1. The van der Waals surface area contributed by atoms with Gasteiger partial charge in [-0.15, -0.1) is 0 Å². The highest BCUT2D eigenvalue weighted by molar-refractivity contribution is 5.92. The normalized spacial score (nSPS) is 10.8. The Morgan fingerprint density at radius 2 is 1.96 bits per heavy atom. The number of carbonyl (C=O) groups is 1. The van der Waals surface area contributed by atoms with Gasteiger partial charge in [-0.3, -0.25) is 19.6 Å². The summed E-state index contributed by atoms with van der Waals surface area (Å²) in [6.07, 6.45) is 3.25. The van der Waals surface area contributed by atoms with Gasteiger partial charge in [-0.25, -0.2) is 0 Å². The van der Waals surface area contributed by atoms with Crippen LogP contribution in [0.15, 0.2) is 30.3 Å². The molecule has 2 aromatic rings. The number of aryl methyl sites for hydroxylation is 2. The Kier molecular flexibility index (Phi) is 5.89. The summed E-state index contributed by atoms with van der Waals surface area (Å²) in [6.45, 7) is 4.80. The van der Waals surface area contributed by atoms with E-state index < -0.39 is 4.92 Å². The molecule has 1 aromatic heterocycles. The maximum Gasteiger partial charge on any atom is 0.269 e. The highest BCUT2D eigenvalue weighted by Crippen LogP contribution is 2.15. The predicted octanol–water partition coefficient (Wildman–Crippen LogP) is 2.19. The topological polar surface area (TPSA) is 102 Å². The van der Waals surface area contributed by atoms with Gasteiger partial charge in [-0.05, 0) is 32.1 Å². The Morgan fingerprint density at radius 1 is 1.28 bits per heavy atom. The zero-order valence-corrected chi connectivity index (χ0v) is 14.4. The third-order valence-corrected chi connectivity index (χ3v) is 3.80. The van der Waals surface area contributed by atoms with Crippen molar-refractivity contribution < 1.29 is 9.72 Å². The van der Waals surface area contributed by atoms with E-state index in [2.05, 4.69) is 15.7 Å². The van der Waals surface area contributed by atoms with Crippen molar-refractivity contribution in [2.24, 2.45) is 7.05 Å². The van der Waals surface area contributed by atoms with Gasteiger partial charge in [0.1, 0.15) is 0 Å². The largest absolute Gasteiger partial charge is 0.383 e. The molecular weight excluding hydrogens is 322 g/mol. The lowest BCUT2D eigenvalue weighted by Crippen LogP contribution is -2.27. The van der Waals surface area contributed by atoms with Crippen LogP contribution in [0.25, 0.3) is 6.08 Å². The smallest absolute Gasteiger partial charge is 0.269 e. The summed E-state index contributed by atoms with van der Waals surface area (Å²) in [5.41, 5.74) is 3.63. The van der Waals surface area contributed by atoms with Crippen molar-refractivity contribution in [1.29, 1.82) is 0 Å². The van der Waals surface area contributed by atoms with Crippen LogP contribution in [0.2, 0.25) is 0 Å². The molecule has 1 aromatic carbocycles. The van der Waals surface area contributed by atoms with E-state index in [1.807, 2.05) is 20.9 Å². The summed E-state index contributed by atoms with van der Waals surface area (Å²) in [4.78, 5) is 22.0. The molecule has 132 valence electrons. The molecule has 1 heterocycles. The molecular formula is C17H21N5O3. The van der Waals surface area contributed by atoms with E-state index in [4.69, 9.17) is 0 Å². The first-order chi connectivity index (χ1) is 11.9. The van der Waals surface area contributed by atoms with Gasteiger partial charge in [0, 0.05) is 55.3 Å². The van der Waals surface area contributed by atoms with Crippen molar-refractivity contribution in [1.82, 2.24) is 15.1 Å². The van der Waals surface area contributed by atoms with E-state index in [0.717, 1.165) is 22.6 Å². The van der Waals surface area contributed by atoms with E-state index in [0.29, 0.717) is 13.1 Å². The summed E-state index contributed by atoms with van der Waals surface area (Å²) in [6, 6.07) is 6.13. The van der Waals surface area contributed by atoms with Crippen molar-refractivity contribution in [2.75, 3.05) is 18.4 Å². The molecule has 0 aliphatic rings. The monoisotopic (exact) mass is 343 g/mol. The third-order valence-electron chi connectivity index (χ3n) is 3.80. The first-order valence-electron chi connectivity index (χ1n) is 7.83. The van der Waals surface area contributed by atoms with Crippen molar-refractivity contribution in [3.63, 3.8) is 0 Å².